The average Bonchev–Trinajstić information content (AvgIpc) is 3.21. The van der Waals surface area contributed by atoms with Gasteiger partial charge in [-0.05, 0) is 25.5 Å². The molecule has 3 atom stereocenters. The lowest BCUT2D eigenvalue weighted by molar-refractivity contribution is -0.156. The van der Waals surface area contributed by atoms with Gasteiger partial charge in [0.2, 0.25) is 5.91 Å². The van der Waals surface area contributed by atoms with Crippen molar-refractivity contribution in [1.29, 1.82) is 0 Å². The van der Waals surface area contributed by atoms with Crippen LogP contribution >= 0.6 is 11.8 Å². The molecule has 1 aromatic rings. The number of furan rings is 1. The van der Waals surface area contributed by atoms with Crippen LogP contribution in [0.2, 0.25) is 0 Å². The molecule has 138 valence electrons. The van der Waals surface area contributed by atoms with E-state index in [1.807, 2.05) is 13.8 Å². The summed E-state index contributed by atoms with van der Waals surface area (Å²) < 4.78 is 10.5. The molecule has 8 heteroatoms. The van der Waals surface area contributed by atoms with Crippen LogP contribution in [0.3, 0.4) is 0 Å². The lowest BCUT2D eigenvalue weighted by Gasteiger charge is -2.25. The van der Waals surface area contributed by atoms with Gasteiger partial charge in [-0.1, -0.05) is 13.3 Å². The Bertz CT molecular complexity index is 604. The summed E-state index contributed by atoms with van der Waals surface area (Å²) in [6.07, 6.45) is 3.35. The van der Waals surface area contributed by atoms with Crippen molar-refractivity contribution in [3.8, 4) is 0 Å². The molecular weight excluding hydrogens is 344 g/mol. The summed E-state index contributed by atoms with van der Waals surface area (Å²) in [6.45, 7) is 5.00. The van der Waals surface area contributed by atoms with Crippen LogP contribution in [-0.2, 0) is 19.1 Å². The smallest absolute Gasteiger partial charge is 0.330 e. The van der Waals surface area contributed by atoms with E-state index in [1.165, 1.54) is 29.8 Å². The zero-order chi connectivity index (χ0) is 18.4. The second-order valence-electron chi connectivity index (χ2n) is 6.01. The number of nitrogens with zero attached hydrogens (tertiary/aromatic N) is 1. The maximum absolute atomic E-state index is 12.4. The number of carbonyl (C=O) groups is 3. The number of nitrogens with one attached hydrogen (secondary N) is 1. The molecule has 2 heterocycles. The summed E-state index contributed by atoms with van der Waals surface area (Å²) in [5.74, 6) is -0.138. The van der Waals surface area contributed by atoms with Crippen LogP contribution in [0.4, 0.5) is 0 Å². The third kappa shape index (κ3) is 5.01. The van der Waals surface area contributed by atoms with Gasteiger partial charge in [-0.15, -0.1) is 11.8 Å². The molecular formula is C17H24N2O5S. The molecule has 7 nitrogen and oxygen atoms in total. The van der Waals surface area contributed by atoms with Crippen LogP contribution in [0.25, 0.3) is 0 Å². The van der Waals surface area contributed by atoms with Gasteiger partial charge in [-0.3, -0.25) is 9.59 Å². The van der Waals surface area contributed by atoms with Gasteiger partial charge in [0.25, 0.3) is 5.91 Å². The lowest BCUT2D eigenvalue weighted by atomic mass is 10.2. The van der Waals surface area contributed by atoms with Crippen molar-refractivity contribution in [2.24, 2.45) is 0 Å². The van der Waals surface area contributed by atoms with Gasteiger partial charge in [0.1, 0.15) is 17.2 Å². The normalized spacial score (nSPS) is 21.0. The summed E-state index contributed by atoms with van der Waals surface area (Å²) >= 11 is 1.43. The van der Waals surface area contributed by atoms with Gasteiger partial charge in [-0.2, -0.15) is 0 Å². The molecule has 0 unspecified atom stereocenters. The molecule has 0 radical (unpaired) electrons. The van der Waals surface area contributed by atoms with Crippen molar-refractivity contribution in [2.75, 3.05) is 12.4 Å². The molecule has 2 rings (SSSR count). The Kier molecular flexibility index (Phi) is 6.92. The largest absolute Gasteiger partial charge is 0.466 e. The van der Waals surface area contributed by atoms with Crippen LogP contribution < -0.4 is 5.32 Å². The molecule has 0 aromatic carbocycles. The first-order chi connectivity index (χ1) is 11.9. The number of carbonyl (C=O) groups excluding carboxylic acids is 3. The van der Waals surface area contributed by atoms with Gasteiger partial charge in [0, 0.05) is 18.7 Å². The Balaban J connectivity index is 1.92. The Morgan fingerprint density at radius 2 is 2.24 bits per heavy atom. The van der Waals surface area contributed by atoms with Gasteiger partial charge >= 0.3 is 5.97 Å². The zero-order valence-electron chi connectivity index (χ0n) is 14.7. The highest BCUT2D eigenvalue weighted by Gasteiger charge is 2.43. The van der Waals surface area contributed by atoms with E-state index in [-0.39, 0.29) is 29.8 Å². The quantitative estimate of drug-likeness (QED) is 0.742. The highest BCUT2D eigenvalue weighted by Crippen LogP contribution is 2.41. The zero-order valence-corrected chi connectivity index (χ0v) is 15.5. The standard InChI is InChI=1S/C17H24N2O5S/c1-4-6-11(2)18-15(21)9-24-17(22)13-10-25-16(19(13)12(3)20)14-7-5-8-23-14/h5,7-8,11,13,16H,4,6,9-10H2,1-3H3,(H,18,21)/t11-,13+,16-/m1/s1. The number of rotatable bonds is 7. The Labute approximate surface area is 151 Å². The maximum Gasteiger partial charge on any atom is 0.330 e. The lowest BCUT2D eigenvalue weighted by Crippen LogP contribution is -2.44. The molecule has 1 aromatic heterocycles. The summed E-state index contributed by atoms with van der Waals surface area (Å²) in [6, 6.07) is 2.82. The van der Waals surface area contributed by atoms with Crippen LogP contribution in [0.15, 0.2) is 22.8 Å². The Morgan fingerprint density at radius 3 is 2.84 bits per heavy atom. The predicted molar refractivity (Wildman–Crippen MR) is 93.7 cm³/mol. The van der Waals surface area contributed by atoms with E-state index in [4.69, 9.17) is 9.15 Å². The van der Waals surface area contributed by atoms with Crippen molar-refractivity contribution < 1.29 is 23.5 Å². The van der Waals surface area contributed by atoms with E-state index in [9.17, 15) is 14.4 Å². The van der Waals surface area contributed by atoms with Crippen molar-refractivity contribution >= 4 is 29.5 Å². The van der Waals surface area contributed by atoms with Crippen LogP contribution in [0.5, 0.6) is 0 Å². The minimum atomic E-state index is -0.724. The molecule has 0 aliphatic carbocycles. The van der Waals surface area contributed by atoms with Gasteiger partial charge in [-0.25, -0.2) is 4.79 Å². The van der Waals surface area contributed by atoms with E-state index in [0.29, 0.717) is 11.5 Å². The molecule has 0 bridgehead atoms. The summed E-state index contributed by atoms with van der Waals surface area (Å²) in [5, 5.41) is 2.42. The van der Waals surface area contributed by atoms with Crippen molar-refractivity contribution in [3.05, 3.63) is 24.2 Å². The summed E-state index contributed by atoms with van der Waals surface area (Å²) in [4.78, 5) is 37.6. The molecule has 2 amide bonds. The number of thioether (sulfide) groups is 1. The van der Waals surface area contributed by atoms with E-state index in [2.05, 4.69) is 5.32 Å². The van der Waals surface area contributed by atoms with Crippen LogP contribution in [0.1, 0.15) is 44.7 Å². The average molecular weight is 368 g/mol. The summed E-state index contributed by atoms with van der Waals surface area (Å²) in [7, 11) is 0. The SMILES string of the molecule is CCC[C@@H](C)NC(=O)COC(=O)[C@@H]1CS[C@H](c2ccco2)N1C(C)=O. The Morgan fingerprint density at radius 1 is 1.48 bits per heavy atom. The third-order valence-corrected chi connectivity index (χ3v) is 5.18. The van der Waals surface area contributed by atoms with Crippen LogP contribution in [0, 0.1) is 0 Å². The van der Waals surface area contributed by atoms with Crippen molar-refractivity contribution in [1.82, 2.24) is 10.2 Å². The number of hydrogen-bond acceptors (Lipinski definition) is 6. The molecule has 1 aliphatic heterocycles. The second-order valence-corrected chi connectivity index (χ2v) is 7.12. The van der Waals surface area contributed by atoms with E-state index >= 15 is 0 Å². The van der Waals surface area contributed by atoms with Crippen molar-refractivity contribution in [2.45, 2.75) is 51.1 Å². The fourth-order valence-electron chi connectivity index (χ4n) is 2.78. The molecule has 0 spiro atoms. The first kappa shape index (κ1) is 19.4. The molecule has 1 saturated heterocycles. The van der Waals surface area contributed by atoms with Gasteiger partial charge < -0.3 is 19.4 Å². The number of ether oxygens (including phenoxy) is 1. The second kappa shape index (κ2) is 8.94. The van der Waals surface area contributed by atoms with E-state index in [0.717, 1.165) is 12.8 Å². The van der Waals surface area contributed by atoms with Gasteiger partial charge in [0.15, 0.2) is 6.61 Å². The predicted octanol–water partition coefficient (Wildman–Crippen LogP) is 2.09. The maximum atomic E-state index is 12.4. The van der Waals surface area contributed by atoms with E-state index < -0.39 is 12.0 Å². The topological polar surface area (TPSA) is 88.8 Å². The molecule has 0 saturated carbocycles. The molecule has 1 aliphatic rings. The molecule has 25 heavy (non-hydrogen) atoms. The molecule has 1 N–H and O–H groups in total. The van der Waals surface area contributed by atoms with Crippen LogP contribution in [-0.4, -0.2) is 47.1 Å². The Hall–Kier alpha value is -1.96. The van der Waals surface area contributed by atoms with E-state index in [1.54, 1.807) is 12.1 Å². The monoisotopic (exact) mass is 368 g/mol. The minimum absolute atomic E-state index is 0.0373. The number of amides is 2. The highest BCUT2D eigenvalue weighted by atomic mass is 32.2. The fourth-order valence-corrected chi connectivity index (χ4v) is 4.19. The first-order valence-electron chi connectivity index (χ1n) is 8.34. The fraction of sp³-hybridized carbons (Fsp3) is 0.588. The molecule has 1 fully saturated rings. The van der Waals surface area contributed by atoms with Gasteiger partial charge in [0.05, 0.1) is 6.26 Å². The number of esters is 1. The third-order valence-electron chi connectivity index (χ3n) is 3.90. The first-order valence-corrected chi connectivity index (χ1v) is 9.38. The highest BCUT2D eigenvalue weighted by molar-refractivity contribution is 7.99. The van der Waals surface area contributed by atoms with Crippen molar-refractivity contribution in [3.63, 3.8) is 0 Å². The summed E-state index contributed by atoms with van der Waals surface area (Å²) in [5.41, 5.74) is 0. The minimum Gasteiger partial charge on any atom is -0.466 e. The number of hydrogen-bond donors (Lipinski definition) is 1.